The van der Waals surface area contributed by atoms with E-state index in [1.165, 1.54) is 0 Å². The van der Waals surface area contributed by atoms with E-state index in [1.807, 2.05) is 56.3 Å². The lowest BCUT2D eigenvalue weighted by Gasteiger charge is -2.10. The first-order valence-corrected chi connectivity index (χ1v) is 10.4. The van der Waals surface area contributed by atoms with Gasteiger partial charge in [0.1, 0.15) is 17.4 Å². The van der Waals surface area contributed by atoms with Crippen molar-refractivity contribution in [1.82, 2.24) is 4.98 Å². The van der Waals surface area contributed by atoms with Gasteiger partial charge in [-0.15, -0.1) is 11.3 Å². The van der Waals surface area contributed by atoms with Gasteiger partial charge in [0.2, 0.25) is 0 Å². The van der Waals surface area contributed by atoms with Crippen molar-refractivity contribution in [3.05, 3.63) is 58.6 Å². The van der Waals surface area contributed by atoms with Crippen molar-refractivity contribution in [1.29, 1.82) is 0 Å². The van der Waals surface area contributed by atoms with Gasteiger partial charge < -0.3 is 19.3 Å². The minimum absolute atomic E-state index is 0.0377. The number of rotatable bonds is 9. The largest absolute Gasteiger partial charge is 0.493 e. The lowest BCUT2D eigenvalue weighted by molar-refractivity contribution is -0.137. The molecule has 0 spiro atoms. The third kappa shape index (κ3) is 5.10. The monoisotopic (exact) mass is 427 g/mol. The van der Waals surface area contributed by atoms with Crippen molar-refractivity contribution in [2.45, 2.75) is 32.8 Å². The summed E-state index contributed by atoms with van der Waals surface area (Å²) in [5.74, 6) is 1.25. The first-order chi connectivity index (χ1) is 14.4. The molecule has 0 saturated carbocycles. The Balaban J connectivity index is 1.69. The van der Waals surface area contributed by atoms with Gasteiger partial charge in [-0.25, -0.2) is 4.98 Å². The van der Waals surface area contributed by atoms with Crippen LogP contribution < -0.4 is 14.2 Å². The standard InChI is InChI=1S/C23H25NO5S/c1-14(11-22(25)26)16-5-8-18(9-6-16)29-13-21-15(2)24-23(30-21)17-7-10-19(27-3)20(12-17)28-4/h5-10,12,14H,11,13H2,1-4H3,(H,25,26). The highest BCUT2D eigenvalue weighted by atomic mass is 32.1. The molecule has 0 radical (unpaired) electrons. The van der Waals surface area contributed by atoms with Gasteiger partial charge in [-0.2, -0.15) is 0 Å². The number of thiazole rings is 1. The number of carboxylic acids is 1. The molecular formula is C23H25NO5S. The second-order valence-electron chi connectivity index (χ2n) is 6.95. The van der Waals surface area contributed by atoms with Crippen LogP contribution in [0, 0.1) is 6.92 Å². The predicted molar refractivity (Wildman–Crippen MR) is 117 cm³/mol. The van der Waals surface area contributed by atoms with Gasteiger partial charge in [-0.05, 0) is 48.7 Å². The van der Waals surface area contributed by atoms with E-state index in [4.69, 9.17) is 19.3 Å². The minimum Gasteiger partial charge on any atom is -0.493 e. The van der Waals surface area contributed by atoms with E-state index in [1.54, 1.807) is 25.6 Å². The van der Waals surface area contributed by atoms with Gasteiger partial charge in [0.05, 0.1) is 31.2 Å². The molecule has 1 heterocycles. The van der Waals surface area contributed by atoms with Gasteiger partial charge in [-0.3, -0.25) is 4.79 Å². The van der Waals surface area contributed by atoms with Crippen LogP contribution in [-0.2, 0) is 11.4 Å². The van der Waals surface area contributed by atoms with Crippen molar-refractivity contribution in [2.24, 2.45) is 0 Å². The summed E-state index contributed by atoms with van der Waals surface area (Å²) >= 11 is 1.58. The Morgan fingerprint density at radius 3 is 2.43 bits per heavy atom. The van der Waals surface area contributed by atoms with Crippen LogP contribution in [0.3, 0.4) is 0 Å². The molecule has 0 aliphatic carbocycles. The maximum atomic E-state index is 10.9. The normalized spacial score (nSPS) is 11.7. The molecule has 158 valence electrons. The number of hydrogen-bond donors (Lipinski definition) is 1. The van der Waals surface area contributed by atoms with Crippen molar-refractivity contribution in [3.8, 4) is 27.8 Å². The average Bonchev–Trinajstić information content (AvgIpc) is 3.12. The van der Waals surface area contributed by atoms with Crippen molar-refractivity contribution in [3.63, 3.8) is 0 Å². The van der Waals surface area contributed by atoms with Crippen LogP contribution in [0.15, 0.2) is 42.5 Å². The number of nitrogens with zero attached hydrogens (tertiary/aromatic N) is 1. The lowest BCUT2D eigenvalue weighted by atomic mass is 9.98. The Kier molecular flexibility index (Phi) is 6.95. The number of aromatic nitrogens is 1. The van der Waals surface area contributed by atoms with Crippen LogP contribution in [0.5, 0.6) is 17.2 Å². The molecule has 0 aliphatic heterocycles. The van der Waals surface area contributed by atoms with Crippen LogP contribution in [0.25, 0.3) is 10.6 Å². The molecule has 3 aromatic rings. The Morgan fingerprint density at radius 1 is 1.10 bits per heavy atom. The lowest BCUT2D eigenvalue weighted by Crippen LogP contribution is -2.02. The number of hydrogen-bond acceptors (Lipinski definition) is 6. The Bertz CT molecular complexity index is 1010. The second kappa shape index (κ2) is 9.63. The number of aliphatic carboxylic acids is 1. The predicted octanol–water partition coefficient (Wildman–Crippen LogP) is 5.29. The molecule has 1 aromatic heterocycles. The summed E-state index contributed by atoms with van der Waals surface area (Å²) in [6.45, 7) is 4.29. The summed E-state index contributed by atoms with van der Waals surface area (Å²) in [5.41, 5.74) is 2.87. The molecule has 3 rings (SSSR count). The van der Waals surface area contributed by atoms with Crippen molar-refractivity contribution in [2.75, 3.05) is 14.2 Å². The van der Waals surface area contributed by atoms with E-state index in [0.29, 0.717) is 18.1 Å². The fraction of sp³-hybridized carbons (Fsp3) is 0.304. The number of ether oxygens (including phenoxy) is 3. The molecule has 2 aromatic carbocycles. The van der Waals surface area contributed by atoms with Crippen molar-refractivity contribution >= 4 is 17.3 Å². The smallest absolute Gasteiger partial charge is 0.303 e. The first kappa shape index (κ1) is 21.6. The summed E-state index contributed by atoms with van der Waals surface area (Å²) in [5, 5.41) is 9.83. The maximum absolute atomic E-state index is 10.9. The molecule has 0 bridgehead atoms. The Labute approximate surface area is 180 Å². The third-order valence-corrected chi connectivity index (χ3v) is 6.00. The highest BCUT2D eigenvalue weighted by molar-refractivity contribution is 7.15. The van der Waals surface area contributed by atoms with E-state index in [-0.39, 0.29) is 12.3 Å². The number of benzene rings is 2. The van der Waals surface area contributed by atoms with Gasteiger partial charge in [0.15, 0.2) is 11.5 Å². The van der Waals surface area contributed by atoms with Gasteiger partial charge >= 0.3 is 5.97 Å². The van der Waals surface area contributed by atoms with Gasteiger partial charge in [-0.1, -0.05) is 19.1 Å². The van der Waals surface area contributed by atoms with E-state index in [9.17, 15) is 4.79 Å². The SMILES string of the molecule is COc1ccc(-c2nc(C)c(COc3ccc(C(C)CC(=O)O)cc3)s2)cc1OC. The maximum Gasteiger partial charge on any atom is 0.303 e. The molecule has 1 atom stereocenters. The van der Waals surface area contributed by atoms with E-state index in [2.05, 4.69) is 4.98 Å². The van der Waals surface area contributed by atoms with Crippen LogP contribution in [0.1, 0.15) is 35.4 Å². The number of carboxylic acid groups (broad SMARTS) is 1. The summed E-state index contributed by atoms with van der Waals surface area (Å²) in [7, 11) is 3.22. The van der Waals surface area contributed by atoms with Gasteiger partial charge in [0, 0.05) is 5.56 Å². The fourth-order valence-corrected chi connectivity index (χ4v) is 4.05. The summed E-state index contributed by atoms with van der Waals surface area (Å²) in [6.07, 6.45) is 0.110. The Morgan fingerprint density at radius 2 is 1.80 bits per heavy atom. The number of aryl methyl sites for hydroxylation is 1. The molecule has 30 heavy (non-hydrogen) atoms. The zero-order chi connectivity index (χ0) is 21.7. The highest BCUT2D eigenvalue weighted by Crippen LogP contribution is 2.35. The third-order valence-electron chi connectivity index (χ3n) is 4.82. The van der Waals surface area contributed by atoms with E-state index in [0.717, 1.165) is 32.5 Å². The first-order valence-electron chi connectivity index (χ1n) is 9.54. The topological polar surface area (TPSA) is 77.9 Å². The van der Waals surface area contributed by atoms with E-state index >= 15 is 0 Å². The average molecular weight is 428 g/mol. The van der Waals surface area contributed by atoms with Crippen LogP contribution >= 0.6 is 11.3 Å². The Hall–Kier alpha value is -3.06. The summed E-state index contributed by atoms with van der Waals surface area (Å²) in [4.78, 5) is 16.6. The fourth-order valence-electron chi connectivity index (χ4n) is 3.08. The molecule has 1 unspecified atom stereocenters. The zero-order valence-corrected chi connectivity index (χ0v) is 18.3. The van der Waals surface area contributed by atoms with Crippen LogP contribution in [0.4, 0.5) is 0 Å². The molecule has 1 N–H and O–H groups in total. The van der Waals surface area contributed by atoms with Crippen LogP contribution in [0.2, 0.25) is 0 Å². The quantitative estimate of drug-likeness (QED) is 0.500. The zero-order valence-electron chi connectivity index (χ0n) is 17.5. The van der Waals surface area contributed by atoms with Crippen molar-refractivity contribution < 1.29 is 24.1 Å². The minimum atomic E-state index is -0.797. The van der Waals surface area contributed by atoms with E-state index < -0.39 is 5.97 Å². The molecule has 6 nitrogen and oxygen atoms in total. The summed E-state index contributed by atoms with van der Waals surface area (Å²) in [6, 6.07) is 13.3. The number of methoxy groups -OCH3 is 2. The molecular weight excluding hydrogens is 402 g/mol. The molecule has 0 amide bonds. The molecule has 0 fully saturated rings. The summed E-state index contributed by atoms with van der Waals surface area (Å²) < 4.78 is 16.6. The molecule has 7 heteroatoms. The number of carbonyl (C=O) groups is 1. The second-order valence-corrected chi connectivity index (χ2v) is 8.04. The highest BCUT2D eigenvalue weighted by Gasteiger charge is 2.14. The molecule has 0 saturated heterocycles. The van der Waals surface area contributed by atoms with Gasteiger partial charge in [0.25, 0.3) is 0 Å². The molecule has 0 aliphatic rings. The van der Waals surface area contributed by atoms with Crippen LogP contribution in [-0.4, -0.2) is 30.3 Å².